The van der Waals surface area contributed by atoms with Crippen LogP contribution in [0.1, 0.15) is 40.8 Å². The van der Waals surface area contributed by atoms with E-state index in [1.165, 1.54) is 6.26 Å². The summed E-state index contributed by atoms with van der Waals surface area (Å²) in [7, 11) is 0. The van der Waals surface area contributed by atoms with E-state index in [1.807, 2.05) is 30.3 Å². The predicted molar refractivity (Wildman–Crippen MR) is 74.1 cm³/mol. The van der Waals surface area contributed by atoms with E-state index in [0.717, 1.165) is 18.4 Å². The van der Waals surface area contributed by atoms with Crippen LogP contribution in [0.3, 0.4) is 0 Å². The second kappa shape index (κ2) is 5.46. The van der Waals surface area contributed by atoms with Gasteiger partial charge in [-0.1, -0.05) is 30.3 Å². The van der Waals surface area contributed by atoms with Crippen molar-refractivity contribution < 1.29 is 9.21 Å². The molecule has 1 amide bonds. The first kappa shape index (κ1) is 12.9. The van der Waals surface area contributed by atoms with E-state index in [0.29, 0.717) is 24.0 Å². The lowest BCUT2D eigenvalue weighted by Gasteiger charge is -2.06. The third-order valence-corrected chi connectivity index (χ3v) is 3.28. The van der Waals surface area contributed by atoms with Crippen LogP contribution in [0, 0.1) is 0 Å². The molecule has 0 aliphatic heterocycles. The average molecular weight is 271 g/mol. The topological polar surface area (TPSA) is 81.1 Å². The van der Waals surface area contributed by atoms with E-state index in [9.17, 15) is 4.79 Å². The van der Waals surface area contributed by atoms with Crippen molar-refractivity contribution in [3.8, 4) is 0 Å². The highest BCUT2D eigenvalue weighted by Gasteiger charge is 2.25. The van der Waals surface area contributed by atoms with Crippen LogP contribution in [-0.2, 0) is 6.42 Å². The van der Waals surface area contributed by atoms with Crippen molar-refractivity contribution in [1.82, 2.24) is 10.3 Å². The molecule has 20 heavy (non-hydrogen) atoms. The summed E-state index contributed by atoms with van der Waals surface area (Å²) in [6.45, 7) is 0. The Hall–Kier alpha value is -2.14. The number of benzene rings is 1. The maximum absolute atomic E-state index is 11.8. The minimum Gasteiger partial charge on any atom is -0.446 e. The van der Waals surface area contributed by atoms with E-state index in [1.54, 1.807) is 0 Å². The van der Waals surface area contributed by atoms with Gasteiger partial charge in [0.25, 0.3) is 5.91 Å². The third kappa shape index (κ3) is 3.05. The van der Waals surface area contributed by atoms with E-state index < -0.39 is 0 Å². The van der Waals surface area contributed by atoms with Crippen LogP contribution < -0.4 is 11.1 Å². The maximum atomic E-state index is 11.8. The fourth-order valence-electron chi connectivity index (χ4n) is 2.00. The highest BCUT2D eigenvalue weighted by Crippen LogP contribution is 2.20. The Morgan fingerprint density at radius 1 is 1.40 bits per heavy atom. The number of nitrogens with one attached hydrogen (secondary N) is 1. The molecule has 3 N–H and O–H groups in total. The highest BCUT2D eigenvalue weighted by molar-refractivity contribution is 5.92. The van der Waals surface area contributed by atoms with Crippen LogP contribution in [0.5, 0.6) is 0 Å². The van der Waals surface area contributed by atoms with Crippen LogP contribution in [0.4, 0.5) is 0 Å². The Morgan fingerprint density at radius 2 is 2.15 bits per heavy atom. The number of amides is 1. The van der Waals surface area contributed by atoms with Crippen molar-refractivity contribution in [2.75, 3.05) is 0 Å². The van der Waals surface area contributed by atoms with Gasteiger partial charge in [0.05, 0.1) is 6.04 Å². The summed E-state index contributed by atoms with van der Waals surface area (Å²) >= 11 is 0. The van der Waals surface area contributed by atoms with Crippen LogP contribution in [0.15, 0.2) is 41.0 Å². The van der Waals surface area contributed by atoms with Crippen LogP contribution in [0.25, 0.3) is 0 Å². The number of hydrogen-bond acceptors (Lipinski definition) is 4. The molecule has 1 aliphatic carbocycles. The molecule has 1 unspecified atom stereocenters. The third-order valence-electron chi connectivity index (χ3n) is 3.28. The molecule has 1 aromatic carbocycles. The monoisotopic (exact) mass is 271 g/mol. The number of carbonyl (C=O) groups excluding carboxylic acids is 1. The second-order valence-electron chi connectivity index (χ2n) is 5.11. The van der Waals surface area contributed by atoms with Gasteiger partial charge < -0.3 is 15.5 Å². The van der Waals surface area contributed by atoms with Gasteiger partial charge in [0, 0.05) is 6.04 Å². The van der Waals surface area contributed by atoms with Gasteiger partial charge in [-0.2, -0.15) is 0 Å². The second-order valence-corrected chi connectivity index (χ2v) is 5.11. The molecule has 1 heterocycles. The van der Waals surface area contributed by atoms with Crippen molar-refractivity contribution in [2.24, 2.45) is 5.73 Å². The van der Waals surface area contributed by atoms with Crippen molar-refractivity contribution >= 4 is 5.91 Å². The molecule has 2 aromatic rings. The van der Waals surface area contributed by atoms with Crippen LogP contribution in [-0.4, -0.2) is 16.9 Å². The predicted octanol–water partition coefficient (Wildman–Crippen LogP) is 1.81. The van der Waals surface area contributed by atoms with Crippen LogP contribution in [0.2, 0.25) is 0 Å². The molecule has 104 valence electrons. The van der Waals surface area contributed by atoms with Crippen molar-refractivity contribution in [2.45, 2.75) is 31.3 Å². The molecule has 1 fully saturated rings. The summed E-state index contributed by atoms with van der Waals surface area (Å²) in [5, 5.41) is 2.87. The van der Waals surface area contributed by atoms with Gasteiger partial charge in [-0.3, -0.25) is 4.79 Å². The Labute approximate surface area is 117 Å². The molecule has 0 spiro atoms. The van der Waals surface area contributed by atoms with E-state index in [2.05, 4.69) is 10.3 Å². The molecule has 0 saturated heterocycles. The molecule has 3 rings (SSSR count). The fourth-order valence-corrected chi connectivity index (χ4v) is 2.00. The molecule has 1 aromatic heterocycles. The SMILES string of the molecule is NC(Cc1ccccc1)c1nc(C(=O)NC2CC2)co1. The van der Waals surface area contributed by atoms with Gasteiger partial charge in [0.15, 0.2) is 5.69 Å². The lowest BCUT2D eigenvalue weighted by atomic mass is 10.1. The largest absolute Gasteiger partial charge is 0.446 e. The molecule has 1 saturated carbocycles. The average Bonchev–Trinajstić information content (AvgIpc) is 3.12. The van der Waals surface area contributed by atoms with Gasteiger partial charge in [0.2, 0.25) is 5.89 Å². The van der Waals surface area contributed by atoms with Gasteiger partial charge in [0.1, 0.15) is 6.26 Å². The zero-order valence-electron chi connectivity index (χ0n) is 11.1. The number of hydrogen-bond donors (Lipinski definition) is 2. The molecule has 5 nitrogen and oxygen atoms in total. The fraction of sp³-hybridized carbons (Fsp3) is 0.333. The van der Waals surface area contributed by atoms with Gasteiger partial charge in [-0.15, -0.1) is 0 Å². The Bertz CT molecular complexity index is 590. The van der Waals surface area contributed by atoms with Crippen molar-refractivity contribution in [1.29, 1.82) is 0 Å². The number of oxazole rings is 1. The van der Waals surface area contributed by atoms with Gasteiger partial charge in [-0.25, -0.2) is 4.98 Å². The number of rotatable bonds is 5. The zero-order valence-corrected chi connectivity index (χ0v) is 11.1. The summed E-state index contributed by atoms with van der Waals surface area (Å²) in [5.41, 5.74) is 7.48. The van der Waals surface area contributed by atoms with E-state index >= 15 is 0 Å². The molecule has 5 heteroatoms. The lowest BCUT2D eigenvalue weighted by Crippen LogP contribution is -2.25. The summed E-state index contributed by atoms with van der Waals surface area (Å²) in [6.07, 6.45) is 4.09. The van der Waals surface area contributed by atoms with Gasteiger partial charge in [-0.05, 0) is 24.8 Å². The first-order valence-electron chi connectivity index (χ1n) is 6.78. The standard InChI is InChI=1S/C15H17N3O2/c16-12(8-10-4-2-1-3-5-10)15-18-13(9-20-15)14(19)17-11-6-7-11/h1-5,9,11-12H,6-8,16H2,(H,17,19). The summed E-state index contributed by atoms with van der Waals surface area (Å²) in [4.78, 5) is 16.0. The molecule has 1 atom stereocenters. The summed E-state index contributed by atoms with van der Waals surface area (Å²) in [5.74, 6) is 0.212. The Balaban J connectivity index is 1.64. The number of carbonyl (C=O) groups is 1. The molecular formula is C15H17N3O2. The molecule has 0 bridgehead atoms. The Kier molecular flexibility index (Phi) is 3.52. The highest BCUT2D eigenvalue weighted by atomic mass is 16.3. The summed E-state index contributed by atoms with van der Waals surface area (Å²) < 4.78 is 5.32. The number of aromatic nitrogens is 1. The van der Waals surface area contributed by atoms with Gasteiger partial charge >= 0.3 is 0 Å². The first-order chi connectivity index (χ1) is 9.72. The minimum absolute atomic E-state index is 0.186. The molecule has 1 aliphatic rings. The number of nitrogens with zero attached hydrogens (tertiary/aromatic N) is 1. The molecular weight excluding hydrogens is 254 g/mol. The van der Waals surface area contributed by atoms with Crippen molar-refractivity contribution in [3.05, 3.63) is 53.7 Å². The minimum atomic E-state index is -0.347. The quantitative estimate of drug-likeness (QED) is 0.869. The van der Waals surface area contributed by atoms with E-state index in [4.69, 9.17) is 10.2 Å². The lowest BCUT2D eigenvalue weighted by molar-refractivity contribution is 0.0946. The van der Waals surface area contributed by atoms with Crippen LogP contribution >= 0.6 is 0 Å². The normalized spacial score (nSPS) is 15.8. The van der Waals surface area contributed by atoms with E-state index in [-0.39, 0.29) is 11.9 Å². The molecule has 0 radical (unpaired) electrons. The smallest absolute Gasteiger partial charge is 0.273 e. The van der Waals surface area contributed by atoms with Crippen molar-refractivity contribution in [3.63, 3.8) is 0 Å². The maximum Gasteiger partial charge on any atom is 0.273 e. The Morgan fingerprint density at radius 3 is 2.85 bits per heavy atom. The first-order valence-corrected chi connectivity index (χ1v) is 6.78. The number of nitrogens with two attached hydrogens (primary N) is 1. The zero-order chi connectivity index (χ0) is 13.9. The summed E-state index contributed by atoms with van der Waals surface area (Å²) in [6, 6.07) is 9.85.